The molecule has 2 aliphatic rings. The fourth-order valence-electron chi connectivity index (χ4n) is 2.50. The number of rotatable bonds is 2. The van der Waals surface area contributed by atoms with E-state index in [-0.39, 0.29) is 6.04 Å². The second-order valence-electron chi connectivity index (χ2n) is 5.11. The lowest BCUT2D eigenvalue weighted by Gasteiger charge is -2.24. The van der Waals surface area contributed by atoms with Crippen LogP contribution >= 0.6 is 23.4 Å². The third kappa shape index (κ3) is 3.69. The van der Waals surface area contributed by atoms with E-state index in [1.54, 1.807) is 18.1 Å². The van der Waals surface area contributed by atoms with E-state index in [4.69, 9.17) is 11.6 Å². The Hall–Kier alpha value is -1.97. The van der Waals surface area contributed by atoms with Crippen LogP contribution in [0.1, 0.15) is 5.56 Å². The van der Waals surface area contributed by atoms with Crippen molar-refractivity contribution in [1.82, 2.24) is 5.32 Å². The highest BCUT2D eigenvalue weighted by molar-refractivity contribution is 8.08. The average molecular weight is 341 g/mol. The maximum Gasteiger partial charge on any atom is 0.0886 e. The Bertz CT molecular complexity index is 756. The summed E-state index contributed by atoms with van der Waals surface area (Å²) in [5, 5.41) is 4.05. The molecule has 116 valence electrons. The first-order chi connectivity index (χ1) is 11.3. The zero-order valence-electron chi connectivity index (χ0n) is 12.6. The smallest absolute Gasteiger partial charge is 0.0886 e. The summed E-state index contributed by atoms with van der Waals surface area (Å²) in [6.45, 7) is 4.27. The van der Waals surface area contributed by atoms with Crippen molar-refractivity contribution in [1.29, 1.82) is 0 Å². The first kappa shape index (κ1) is 15.9. The van der Waals surface area contributed by atoms with E-state index in [1.165, 1.54) is 0 Å². The number of hydrogen-bond donors (Lipinski definition) is 1. The third-order valence-corrected chi connectivity index (χ3v) is 5.00. The summed E-state index contributed by atoms with van der Waals surface area (Å²) < 4.78 is 0. The Kier molecular flexibility index (Phi) is 5.21. The molecule has 0 radical (unpaired) electrons. The van der Waals surface area contributed by atoms with Gasteiger partial charge in [-0.3, -0.25) is 0 Å². The van der Waals surface area contributed by atoms with Crippen molar-refractivity contribution in [3.8, 4) is 0 Å². The van der Waals surface area contributed by atoms with Gasteiger partial charge in [-0.1, -0.05) is 60.7 Å². The van der Waals surface area contributed by atoms with Gasteiger partial charge in [0.2, 0.25) is 0 Å². The SMILES string of the molecule is C=C1/C=C\C=C/CS/C(c2ccccc2Cl)=C\1C1C=CN=CN1. The molecule has 1 unspecified atom stereocenters. The summed E-state index contributed by atoms with van der Waals surface area (Å²) in [5.41, 5.74) is 3.14. The van der Waals surface area contributed by atoms with Crippen molar-refractivity contribution >= 4 is 34.6 Å². The van der Waals surface area contributed by atoms with E-state index in [0.717, 1.165) is 32.4 Å². The fraction of sp³-hybridized carbons (Fsp3) is 0.105. The van der Waals surface area contributed by atoms with Gasteiger partial charge in [-0.25, -0.2) is 4.99 Å². The van der Waals surface area contributed by atoms with Crippen molar-refractivity contribution < 1.29 is 0 Å². The maximum atomic E-state index is 6.47. The average Bonchev–Trinajstić information content (AvgIpc) is 2.66. The third-order valence-electron chi connectivity index (χ3n) is 3.58. The first-order valence-corrected chi connectivity index (χ1v) is 8.72. The van der Waals surface area contributed by atoms with Gasteiger partial charge in [0.15, 0.2) is 0 Å². The van der Waals surface area contributed by atoms with Gasteiger partial charge in [0, 0.05) is 27.4 Å². The van der Waals surface area contributed by atoms with Gasteiger partial charge in [0.05, 0.1) is 12.4 Å². The summed E-state index contributed by atoms with van der Waals surface area (Å²) in [6.07, 6.45) is 13.8. The predicted molar refractivity (Wildman–Crippen MR) is 103 cm³/mol. The second kappa shape index (κ2) is 7.53. The summed E-state index contributed by atoms with van der Waals surface area (Å²) in [7, 11) is 0. The number of allylic oxidation sites excluding steroid dienone is 3. The van der Waals surface area contributed by atoms with Crippen LogP contribution in [0.4, 0.5) is 0 Å². The number of aliphatic imine (C=N–C) groups is 1. The van der Waals surface area contributed by atoms with Gasteiger partial charge in [-0.15, -0.1) is 11.8 Å². The first-order valence-electron chi connectivity index (χ1n) is 7.36. The Morgan fingerprint density at radius 3 is 2.91 bits per heavy atom. The molecule has 1 aromatic carbocycles. The molecular formula is C19H17ClN2S. The van der Waals surface area contributed by atoms with Gasteiger partial charge in [0.25, 0.3) is 0 Å². The van der Waals surface area contributed by atoms with Crippen LogP contribution < -0.4 is 5.32 Å². The van der Waals surface area contributed by atoms with Gasteiger partial charge in [-0.2, -0.15) is 0 Å². The number of benzene rings is 1. The lowest BCUT2D eigenvalue weighted by molar-refractivity contribution is 0.845. The van der Waals surface area contributed by atoms with Crippen LogP contribution in [-0.4, -0.2) is 18.1 Å². The molecule has 0 bridgehead atoms. The van der Waals surface area contributed by atoms with Gasteiger partial charge >= 0.3 is 0 Å². The minimum Gasteiger partial charge on any atom is -0.366 e. The lowest BCUT2D eigenvalue weighted by atomic mass is 9.95. The van der Waals surface area contributed by atoms with Crippen LogP contribution in [0.15, 0.2) is 83.6 Å². The van der Waals surface area contributed by atoms with E-state index >= 15 is 0 Å². The number of thioether (sulfide) groups is 1. The Morgan fingerprint density at radius 1 is 1.26 bits per heavy atom. The largest absolute Gasteiger partial charge is 0.366 e. The normalized spacial score (nSPS) is 26.8. The minimum atomic E-state index is 0.0292. The van der Waals surface area contributed by atoms with Crippen LogP contribution in [-0.2, 0) is 0 Å². The Morgan fingerprint density at radius 2 is 2.13 bits per heavy atom. The van der Waals surface area contributed by atoms with Crippen LogP contribution in [0.25, 0.3) is 4.91 Å². The minimum absolute atomic E-state index is 0.0292. The monoisotopic (exact) mass is 340 g/mol. The van der Waals surface area contributed by atoms with Crippen molar-refractivity contribution in [2.24, 2.45) is 4.99 Å². The molecule has 0 fully saturated rings. The molecule has 0 spiro atoms. The highest BCUT2D eigenvalue weighted by Crippen LogP contribution is 2.39. The summed E-state index contributed by atoms with van der Waals surface area (Å²) in [5.74, 6) is 0.881. The van der Waals surface area contributed by atoms with Gasteiger partial charge < -0.3 is 5.32 Å². The number of nitrogens with one attached hydrogen (secondary N) is 1. The zero-order valence-corrected chi connectivity index (χ0v) is 14.1. The molecular weight excluding hydrogens is 324 g/mol. The predicted octanol–water partition coefficient (Wildman–Crippen LogP) is 4.98. The van der Waals surface area contributed by atoms with Gasteiger partial charge in [0.1, 0.15) is 0 Å². The van der Waals surface area contributed by atoms with Crippen molar-refractivity contribution in [3.63, 3.8) is 0 Å². The van der Waals surface area contributed by atoms with E-state index in [0.29, 0.717) is 0 Å². The topological polar surface area (TPSA) is 24.4 Å². The Balaban J connectivity index is 2.17. The molecule has 3 rings (SSSR count). The molecule has 0 amide bonds. The maximum absolute atomic E-state index is 6.47. The van der Waals surface area contributed by atoms with E-state index in [1.807, 2.05) is 42.6 Å². The molecule has 0 saturated heterocycles. The number of nitrogens with zero attached hydrogens (tertiary/aromatic N) is 1. The standard InChI is InChI=1S/C19H17ClN2S/c1-14-7-3-2-6-12-23-19(15-8-4-5-9-16(15)20)18(14)17-10-11-21-13-22-17/h2-11,13,17H,1,12H2,(H,21,22)/b6-2-,7-3-,19-18+. The number of halogens is 1. The Labute approximate surface area is 146 Å². The molecule has 1 N–H and O–H groups in total. The van der Waals surface area contributed by atoms with Gasteiger partial charge in [-0.05, 0) is 23.3 Å². The summed E-state index contributed by atoms with van der Waals surface area (Å²) in [4.78, 5) is 5.24. The summed E-state index contributed by atoms with van der Waals surface area (Å²) >= 11 is 8.24. The molecule has 2 heterocycles. The van der Waals surface area contributed by atoms with Crippen molar-refractivity contribution in [3.05, 3.63) is 89.2 Å². The van der Waals surface area contributed by atoms with Crippen LogP contribution in [0.5, 0.6) is 0 Å². The number of hydrogen-bond acceptors (Lipinski definition) is 3. The lowest BCUT2D eigenvalue weighted by Crippen LogP contribution is -2.30. The highest BCUT2D eigenvalue weighted by Gasteiger charge is 2.21. The van der Waals surface area contributed by atoms with Crippen LogP contribution in [0.2, 0.25) is 5.02 Å². The van der Waals surface area contributed by atoms with E-state index in [2.05, 4.69) is 35.1 Å². The fourth-order valence-corrected chi connectivity index (χ4v) is 3.90. The molecule has 0 aromatic heterocycles. The molecule has 1 atom stereocenters. The molecule has 2 aliphatic heterocycles. The summed E-state index contributed by atoms with van der Waals surface area (Å²) in [6, 6.07) is 7.98. The molecule has 23 heavy (non-hydrogen) atoms. The highest BCUT2D eigenvalue weighted by atomic mass is 35.5. The molecule has 0 saturated carbocycles. The molecule has 4 heteroatoms. The second-order valence-corrected chi connectivity index (χ2v) is 6.55. The molecule has 2 nitrogen and oxygen atoms in total. The van der Waals surface area contributed by atoms with Crippen LogP contribution in [0.3, 0.4) is 0 Å². The quantitative estimate of drug-likeness (QED) is 0.821. The van der Waals surface area contributed by atoms with E-state index < -0.39 is 0 Å². The molecule has 1 aromatic rings. The zero-order chi connectivity index (χ0) is 16.1. The molecule has 0 aliphatic carbocycles. The van der Waals surface area contributed by atoms with Crippen LogP contribution in [0, 0.1) is 0 Å². The van der Waals surface area contributed by atoms with E-state index in [9.17, 15) is 0 Å². The van der Waals surface area contributed by atoms with Crippen molar-refractivity contribution in [2.45, 2.75) is 6.04 Å². The van der Waals surface area contributed by atoms with Crippen molar-refractivity contribution in [2.75, 3.05) is 5.75 Å².